The van der Waals surface area contributed by atoms with Gasteiger partial charge in [-0.1, -0.05) is 11.6 Å². The lowest BCUT2D eigenvalue weighted by molar-refractivity contribution is -0.127. The van der Waals surface area contributed by atoms with Crippen molar-refractivity contribution in [1.29, 1.82) is 0 Å². The van der Waals surface area contributed by atoms with Gasteiger partial charge < -0.3 is 10.6 Å². The summed E-state index contributed by atoms with van der Waals surface area (Å²) in [6.45, 7) is 3.60. The smallest absolute Gasteiger partial charge is 0.240 e. The topological polar surface area (TPSA) is 41.1 Å². The third-order valence-electron chi connectivity index (χ3n) is 3.41. The van der Waals surface area contributed by atoms with E-state index in [2.05, 4.69) is 10.6 Å². The van der Waals surface area contributed by atoms with Crippen molar-refractivity contribution in [3.63, 3.8) is 0 Å². The summed E-state index contributed by atoms with van der Waals surface area (Å²) in [6.07, 6.45) is 4.05. The van der Waals surface area contributed by atoms with E-state index in [9.17, 15) is 4.79 Å². The Bertz CT molecular complexity index is 417. The summed E-state index contributed by atoms with van der Waals surface area (Å²) in [4.78, 5) is 13.3. The largest absolute Gasteiger partial charge is 0.354 e. The highest BCUT2D eigenvalue weighted by molar-refractivity contribution is 7.16. The lowest BCUT2D eigenvalue weighted by Crippen LogP contribution is -2.57. The van der Waals surface area contributed by atoms with Gasteiger partial charge in [-0.3, -0.25) is 4.79 Å². The van der Waals surface area contributed by atoms with Gasteiger partial charge in [0, 0.05) is 11.4 Å². The van der Waals surface area contributed by atoms with Gasteiger partial charge in [0.1, 0.15) is 0 Å². The van der Waals surface area contributed by atoms with E-state index in [1.807, 2.05) is 19.1 Å². The van der Waals surface area contributed by atoms with E-state index < -0.39 is 0 Å². The number of hydrogen-bond donors (Lipinski definition) is 2. The van der Waals surface area contributed by atoms with Gasteiger partial charge in [0.25, 0.3) is 0 Å². The second-order valence-corrected chi connectivity index (χ2v) is 6.73. The number of hydrogen-bond acceptors (Lipinski definition) is 3. The molecule has 0 bridgehead atoms. The number of carbonyl (C=O) groups is 1. The molecule has 3 nitrogen and oxygen atoms in total. The molecule has 1 amide bonds. The Balaban J connectivity index is 0.00000180. The van der Waals surface area contributed by atoms with Crippen LogP contribution in [0.3, 0.4) is 0 Å². The Kier molecular flexibility index (Phi) is 6.60. The van der Waals surface area contributed by atoms with Gasteiger partial charge in [0.15, 0.2) is 0 Å². The maximum absolute atomic E-state index is 12.1. The van der Waals surface area contributed by atoms with Crippen LogP contribution in [0.25, 0.3) is 0 Å². The van der Waals surface area contributed by atoms with Crippen molar-refractivity contribution in [2.75, 3.05) is 13.1 Å². The Morgan fingerprint density at radius 2 is 2.32 bits per heavy atom. The quantitative estimate of drug-likeness (QED) is 0.894. The molecule has 1 fully saturated rings. The highest BCUT2D eigenvalue weighted by Gasteiger charge is 2.33. The van der Waals surface area contributed by atoms with Gasteiger partial charge in [-0.15, -0.1) is 23.7 Å². The summed E-state index contributed by atoms with van der Waals surface area (Å²) >= 11 is 7.44. The molecular weight excluding hydrogens is 303 g/mol. The van der Waals surface area contributed by atoms with Crippen LogP contribution in [0.4, 0.5) is 0 Å². The zero-order valence-electron chi connectivity index (χ0n) is 11.0. The average Bonchev–Trinajstić information content (AvgIpc) is 2.76. The average molecular weight is 323 g/mol. The summed E-state index contributed by atoms with van der Waals surface area (Å²) in [7, 11) is 0. The molecule has 1 saturated heterocycles. The minimum Gasteiger partial charge on any atom is -0.354 e. The van der Waals surface area contributed by atoms with Crippen LogP contribution in [0.15, 0.2) is 12.1 Å². The third-order valence-corrected chi connectivity index (χ3v) is 4.70. The summed E-state index contributed by atoms with van der Waals surface area (Å²) in [6, 6.07) is 3.91. The molecule has 1 aliphatic rings. The van der Waals surface area contributed by atoms with E-state index in [4.69, 9.17) is 11.6 Å². The zero-order valence-corrected chi connectivity index (χ0v) is 13.4. The Morgan fingerprint density at radius 3 is 2.89 bits per heavy atom. The van der Waals surface area contributed by atoms with Crippen molar-refractivity contribution in [3.8, 4) is 0 Å². The maximum Gasteiger partial charge on any atom is 0.240 e. The second-order valence-electron chi connectivity index (χ2n) is 4.93. The molecule has 0 aromatic carbocycles. The van der Waals surface area contributed by atoms with Crippen molar-refractivity contribution >= 4 is 41.3 Å². The van der Waals surface area contributed by atoms with Gasteiger partial charge in [-0.05, 0) is 51.3 Å². The first-order chi connectivity index (χ1) is 8.60. The summed E-state index contributed by atoms with van der Waals surface area (Å²) < 4.78 is 0.803. The molecule has 1 aromatic heterocycles. The number of carbonyl (C=O) groups excluding carboxylic acids is 1. The first-order valence-electron chi connectivity index (χ1n) is 6.38. The lowest BCUT2D eigenvalue weighted by atomic mass is 9.90. The summed E-state index contributed by atoms with van der Waals surface area (Å²) in [5, 5.41) is 6.33. The number of piperidine rings is 1. The molecule has 0 spiro atoms. The highest BCUT2D eigenvalue weighted by Crippen LogP contribution is 2.22. The molecule has 0 saturated carbocycles. The Hall–Kier alpha value is -0.290. The second kappa shape index (κ2) is 7.48. The molecule has 0 aliphatic carbocycles. The minimum absolute atomic E-state index is 0. The molecule has 2 N–H and O–H groups in total. The predicted molar refractivity (Wildman–Crippen MR) is 83.5 cm³/mol. The van der Waals surface area contributed by atoms with Gasteiger partial charge in [0.2, 0.25) is 5.91 Å². The van der Waals surface area contributed by atoms with Crippen LogP contribution >= 0.6 is 35.3 Å². The van der Waals surface area contributed by atoms with Crippen molar-refractivity contribution in [3.05, 3.63) is 21.3 Å². The van der Waals surface area contributed by atoms with Crippen molar-refractivity contribution < 1.29 is 4.79 Å². The van der Waals surface area contributed by atoms with Crippen molar-refractivity contribution in [1.82, 2.24) is 10.6 Å². The normalized spacial score (nSPS) is 22.6. The minimum atomic E-state index is -0.384. The van der Waals surface area contributed by atoms with E-state index in [-0.39, 0.29) is 23.9 Å². The van der Waals surface area contributed by atoms with Gasteiger partial charge >= 0.3 is 0 Å². The van der Waals surface area contributed by atoms with Gasteiger partial charge in [-0.25, -0.2) is 0 Å². The van der Waals surface area contributed by atoms with Crippen molar-refractivity contribution in [2.45, 2.75) is 38.1 Å². The van der Waals surface area contributed by atoms with Gasteiger partial charge in [0.05, 0.1) is 9.88 Å². The standard InChI is InChI=1S/C13H19ClN2OS.ClH/c1-13(7-2-3-8-16-13)12(17)15-9-6-10-4-5-11(14)18-10;/h4-5,16H,2-3,6-9H2,1H3,(H,15,17);1H. The number of rotatable bonds is 4. The SMILES string of the molecule is CC1(C(=O)NCCc2ccc(Cl)s2)CCCCN1.Cl. The fourth-order valence-electron chi connectivity index (χ4n) is 2.23. The number of nitrogens with one attached hydrogen (secondary N) is 2. The zero-order chi connectivity index (χ0) is 13.0. The van der Waals surface area contributed by atoms with E-state index >= 15 is 0 Å². The Morgan fingerprint density at radius 1 is 1.53 bits per heavy atom. The molecule has 2 rings (SSSR count). The monoisotopic (exact) mass is 322 g/mol. The van der Waals surface area contributed by atoms with Gasteiger partial charge in [-0.2, -0.15) is 0 Å². The van der Waals surface area contributed by atoms with E-state index in [0.717, 1.165) is 36.6 Å². The number of halogens is 2. The molecule has 1 aromatic rings. The van der Waals surface area contributed by atoms with E-state index in [1.54, 1.807) is 11.3 Å². The number of thiophene rings is 1. The van der Waals surface area contributed by atoms with Crippen LogP contribution in [0.1, 0.15) is 31.1 Å². The molecule has 108 valence electrons. The van der Waals surface area contributed by atoms with E-state index in [0.29, 0.717) is 6.54 Å². The molecule has 1 atom stereocenters. The van der Waals surface area contributed by atoms with E-state index in [1.165, 1.54) is 4.88 Å². The molecule has 1 aliphatic heterocycles. The highest BCUT2D eigenvalue weighted by atomic mass is 35.5. The summed E-state index contributed by atoms with van der Waals surface area (Å²) in [5.74, 6) is 0.116. The summed E-state index contributed by atoms with van der Waals surface area (Å²) in [5.41, 5.74) is -0.384. The third kappa shape index (κ3) is 4.63. The van der Waals surface area contributed by atoms with Crippen LogP contribution in [-0.4, -0.2) is 24.5 Å². The fraction of sp³-hybridized carbons (Fsp3) is 0.615. The lowest BCUT2D eigenvalue weighted by Gasteiger charge is -2.33. The van der Waals surface area contributed by atoms with Crippen LogP contribution in [0.5, 0.6) is 0 Å². The fourth-order valence-corrected chi connectivity index (χ4v) is 3.32. The number of amides is 1. The van der Waals surface area contributed by atoms with Crippen molar-refractivity contribution in [2.24, 2.45) is 0 Å². The Labute approximate surface area is 129 Å². The molecule has 1 unspecified atom stereocenters. The maximum atomic E-state index is 12.1. The molecule has 2 heterocycles. The molecule has 6 heteroatoms. The molecule has 0 radical (unpaired) electrons. The van der Waals surface area contributed by atoms with Crippen LogP contribution in [-0.2, 0) is 11.2 Å². The van der Waals surface area contributed by atoms with Crippen LogP contribution in [0, 0.1) is 0 Å². The van der Waals surface area contributed by atoms with Crippen LogP contribution < -0.4 is 10.6 Å². The molecule has 19 heavy (non-hydrogen) atoms. The molecular formula is C13H20Cl2N2OS. The predicted octanol–water partition coefficient (Wildman–Crippen LogP) is 3.01. The first-order valence-corrected chi connectivity index (χ1v) is 7.57. The van der Waals surface area contributed by atoms with Crippen LogP contribution in [0.2, 0.25) is 4.34 Å². The first kappa shape index (κ1) is 16.8.